The molecule has 2 fully saturated rings. The summed E-state index contributed by atoms with van der Waals surface area (Å²) in [5.74, 6) is -0.0450. The number of imide groups is 1. The average molecular weight is 417 g/mol. The van der Waals surface area contributed by atoms with E-state index in [0.717, 1.165) is 4.90 Å². The summed E-state index contributed by atoms with van der Waals surface area (Å²) in [5.41, 5.74) is 0.711. The normalized spacial score (nSPS) is 19.6. The number of rotatable bonds is 7. The fourth-order valence-electron chi connectivity index (χ4n) is 3.88. The van der Waals surface area contributed by atoms with Gasteiger partial charge >= 0.3 is 12.0 Å². The minimum Gasteiger partial charge on any atom is -0.496 e. The molecule has 1 aromatic rings. The molecule has 0 saturated carbocycles. The predicted molar refractivity (Wildman–Crippen MR) is 106 cm³/mol. The number of ether oxygens (including phenoxy) is 2. The number of amides is 4. The van der Waals surface area contributed by atoms with Crippen molar-refractivity contribution in [1.82, 2.24) is 15.1 Å². The molecule has 9 nitrogen and oxygen atoms in total. The average Bonchev–Trinajstić information content (AvgIpc) is 3.01. The Hall–Kier alpha value is -3.10. The third-order valence-electron chi connectivity index (χ3n) is 5.66. The number of hydrogen-bond donors (Lipinski definition) is 1. The van der Waals surface area contributed by atoms with Crippen LogP contribution in [0, 0.1) is 5.92 Å². The molecule has 0 aliphatic carbocycles. The summed E-state index contributed by atoms with van der Waals surface area (Å²) in [6, 6.07) is 5.79. The van der Waals surface area contributed by atoms with Gasteiger partial charge in [0, 0.05) is 25.1 Å². The lowest BCUT2D eigenvalue weighted by Crippen LogP contribution is -2.43. The van der Waals surface area contributed by atoms with Gasteiger partial charge in [-0.1, -0.05) is 18.2 Å². The molecule has 3 rings (SSSR count). The molecule has 0 aromatic heterocycles. The van der Waals surface area contributed by atoms with Crippen LogP contribution < -0.4 is 10.1 Å². The van der Waals surface area contributed by atoms with Crippen LogP contribution in [-0.4, -0.2) is 67.0 Å². The van der Waals surface area contributed by atoms with E-state index >= 15 is 0 Å². The third kappa shape index (κ3) is 4.90. The van der Waals surface area contributed by atoms with E-state index < -0.39 is 18.0 Å². The van der Waals surface area contributed by atoms with Crippen LogP contribution >= 0.6 is 0 Å². The van der Waals surface area contributed by atoms with Crippen LogP contribution in [0.4, 0.5) is 4.79 Å². The zero-order valence-electron chi connectivity index (χ0n) is 17.3. The molecule has 1 N–H and O–H groups in total. The smallest absolute Gasteiger partial charge is 0.325 e. The molecule has 0 bridgehead atoms. The molecule has 0 radical (unpaired) electrons. The van der Waals surface area contributed by atoms with E-state index in [0.29, 0.717) is 43.7 Å². The Balaban J connectivity index is 1.54. The van der Waals surface area contributed by atoms with Gasteiger partial charge in [0.15, 0.2) is 0 Å². The fourth-order valence-corrected chi connectivity index (χ4v) is 3.88. The van der Waals surface area contributed by atoms with Crippen LogP contribution in [0.25, 0.3) is 0 Å². The van der Waals surface area contributed by atoms with Crippen LogP contribution in [-0.2, 0) is 25.7 Å². The van der Waals surface area contributed by atoms with Gasteiger partial charge in [-0.2, -0.15) is 0 Å². The van der Waals surface area contributed by atoms with Crippen molar-refractivity contribution in [3.63, 3.8) is 0 Å². The lowest BCUT2D eigenvalue weighted by atomic mass is 9.93. The lowest BCUT2D eigenvalue weighted by Gasteiger charge is -2.32. The van der Waals surface area contributed by atoms with Crippen molar-refractivity contribution in [2.75, 3.05) is 27.3 Å². The Bertz CT molecular complexity index is 819. The van der Waals surface area contributed by atoms with Crippen LogP contribution in [0.15, 0.2) is 24.3 Å². The molecular formula is C21H27N3O6. The maximum atomic E-state index is 12.7. The molecular weight excluding hydrogens is 390 g/mol. The summed E-state index contributed by atoms with van der Waals surface area (Å²) in [7, 11) is 2.89. The number of methoxy groups -OCH3 is 2. The number of likely N-dealkylation sites (tertiary alicyclic amines) is 1. The Morgan fingerprint density at radius 3 is 2.47 bits per heavy atom. The Morgan fingerprint density at radius 2 is 1.80 bits per heavy atom. The molecule has 9 heteroatoms. The van der Waals surface area contributed by atoms with Crippen molar-refractivity contribution in [1.29, 1.82) is 0 Å². The standard InChI is InChI=1S/C21H27N3O6/c1-29-17-6-4-3-5-15(17)13-24-20(27)16(22-21(24)28)12-18(25)23-9-7-14(8-10-23)11-19(26)30-2/h3-6,14,16H,7-13H2,1-2H3,(H,22,28)/t16-/m1/s1. The first-order chi connectivity index (χ1) is 14.4. The van der Waals surface area contributed by atoms with Gasteiger partial charge < -0.3 is 19.7 Å². The maximum absolute atomic E-state index is 12.7. The van der Waals surface area contributed by atoms with E-state index in [1.54, 1.807) is 23.1 Å². The van der Waals surface area contributed by atoms with Gasteiger partial charge in [-0.15, -0.1) is 0 Å². The highest BCUT2D eigenvalue weighted by Gasteiger charge is 2.40. The Labute approximate surface area is 175 Å². The minimum absolute atomic E-state index is 0.0747. The summed E-state index contributed by atoms with van der Waals surface area (Å²) in [5, 5.41) is 2.61. The molecule has 2 aliphatic heterocycles. The SMILES string of the molecule is COC(=O)CC1CCN(C(=O)C[C@H]2NC(=O)N(Cc3ccccc3OC)C2=O)CC1. The van der Waals surface area contributed by atoms with E-state index in [9.17, 15) is 19.2 Å². The first-order valence-corrected chi connectivity index (χ1v) is 10.0. The van der Waals surface area contributed by atoms with E-state index in [4.69, 9.17) is 9.47 Å². The molecule has 2 saturated heterocycles. The molecule has 162 valence electrons. The highest BCUT2D eigenvalue weighted by molar-refractivity contribution is 6.05. The number of nitrogens with zero attached hydrogens (tertiary/aromatic N) is 2. The second-order valence-corrected chi connectivity index (χ2v) is 7.55. The first-order valence-electron chi connectivity index (χ1n) is 10.0. The number of para-hydroxylation sites is 1. The number of carbonyl (C=O) groups is 4. The monoisotopic (exact) mass is 417 g/mol. The summed E-state index contributed by atoms with van der Waals surface area (Å²) in [6.07, 6.45) is 1.71. The zero-order chi connectivity index (χ0) is 21.7. The second kappa shape index (κ2) is 9.60. The number of hydrogen-bond acceptors (Lipinski definition) is 6. The van der Waals surface area contributed by atoms with Crippen molar-refractivity contribution in [3.05, 3.63) is 29.8 Å². The topological polar surface area (TPSA) is 105 Å². The van der Waals surface area contributed by atoms with E-state index in [-0.39, 0.29) is 30.8 Å². The summed E-state index contributed by atoms with van der Waals surface area (Å²) in [4.78, 5) is 51.9. The molecule has 1 aromatic carbocycles. The number of esters is 1. The second-order valence-electron chi connectivity index (χ2n) is 7.55. The first kappa shape index (κ1) is 21.6. The molecule has 0 spiro atoms. The Kier molecular flexibility index (Phi) is 6.91. The van der Waals surface area contributed by atoms with Crippen molar-refractivity contribution >= 4 is 23.8 Å². The fraction of sp³-hybridized carbons (Fsp3) is 0.524. The van der Waals surface area contributed by atoms with Gasteiger partial charge in [-0.25, -0.2) is 4.79 Å². The predicted octanol–water partition coefficient (Wildman–Crippen LogP) is 1.31. The number of nitrogens with one attached hydrogen (secondary N) is 1. The number of piperidine rings is 1. The van der Waals surface area contributed by atoms with Crippen LogP contribution in [0.2, 0.25) is 0 Å². The van der Waals surface area contributed by atoms with Crippen LogP contribution in [0.1, 0.15) is 31.2 Å². The number of benzene rings is 1. The van der Waals surface area contributed by atoms with Gasteiger partial charge in [0.05, 0.1) is 27.2 Å². The van der Waals surface area contributed by atoms with Crippen molar-refractivity contribution in [3.8, 4) is 5.75 Å². The maximum Gasteiger partial charge on any atom is 0.325 e. The molecule has 0 unspecified atom stereocenters. The highest BCUT2D eigenvalue weighted by atomic mass is 16.5. The summed E-state index contributed by atoms with van der Waals surface area (Å²) >= 11 is 0. The molecule has 4 amide bonds. The van der Waals surface area contributed by atoms with Crippen molar-refractivity contribution < 1.29 is 28.7 Å². The molecule has 30 heavy (non-hydrogen) atoms. The third-order valence-corrected chi connectivity index (χ3v) is 5.66. The molecule has 1 atom stereocenters. The molecule has 2 aliphatic rings. The van der Waals surface area contributed by atoms with Crippen molar-refractivity contribution in [2.45, 2.75) is 38.3 Å². The van der Waals surface area contributed by atoms with E-state index in [2.05, 4.69) is 5.32 Å². The largest absolute Gasteiger partial charge is 0.496 e. The van der Waals surface area contributed by atoms with Crippen molar-refractivity contribution in [2.24, 2.45) is 5.92 Å². The van der Waals surface area contributed by atoms with Gasteiger partial charge in [-0.3, -0.25) is 19.3 Å². The van der Waals surface area contributed by atoms with Gasteiger partial charge in [0.2, 0.25) is 5.91 Å². The lowest BCUT2D eigenvalue weighted by molar-refractivity contribution is -0.142. The highest BCUT2D eigenvalue weighted by Crippen LogP contribution is 2.24. The molecule has 2 heterocycles. The zero-order valence-corrected chi connectivity index (χ0v) is 17.3. The Morgan fingerprint density at radius 1 is 1.10 bits per heavy atom. The summed E-state index contributed by atoms with van der Waals surface area (Å²) in [6.45, 7) is 1.14. The van der Waals surface area contributed by atoms with Gasteiger partial charge in [0.1, 0.15) is 11.8 Å². The van der Waals surface area contributed by atoms with Gasteiger partial charge in [0.25, 0.3) is 5.91 Å². The van der Waals surface area contributed by atoms with E-state index in [1.165, 1.54) is 14.2 Å². The summed E-state index contributed by atoms with van der Waals surface area (Å²) < 4.78 is 9.97. The van der Waals surface area contributed by atoms with E-state index in [1.807, 2.05) is 6.07 Å². The minimum atomic E-state index is -0.868. The van der Waals surface area contributed by atoms with Crippen LogP contribution in [0.3, 0.4) is 0 Å². The number of carbonyl (C=O) groups excluding carboxylic acids is 4. The van der Waals surface area contributed by atoms with Crippen LogP contribution in [0.5, 0.6) is 5.75 Å². The quantitative estimate of drug-likeness (QED) is 0.530. The number of urea groups is 1. The van der Waals surface area contributed by atoms with Gasteiger partial charge in [-0.05, 0) is 24.8 Å².